The van der Waals surface area contributed by atoms with Crippen LogP contribution in [0.3, 0.4) is 0 Å². The van der Waals surface area contributed by atoms with E-state index in [0.29, 0.717) is 6.61 Å². The van der Waals surface area contributed by atoms with E-state index in [1.54, 1.807) is 7.11 Å². The third-order valence-electron chi connectivity index (χ3n) is 3.54. The minimum Gasteiger partial charge on any atom is -0.493 e. The second kappa shape index (κ2) is 9.11. The molecule has 22 heavy (non-hydrogen) atoms. The Kier molecular flexibility index (Phi) is 6.78. The molecule has 0 aliphatic rings. The Morgan fingerprint density at radius 1 is 1.00 bits per heavy atom. The van der Waals surface area contributed by atoms with Crippen LogP contribution in [0.15, 0.2) is 48.5 Å². The van der Waals surface area contributed by atoms with E-state index < -0.39 is 0 Å². The van der Waals surface area contributed by atoms with Crippen molar-refractivity contribution in [3.8, 4) is 11.5 Å². The molecule has 118 valence electrons. The lowest BCUT2D eigenvalue weighted by Gasteiger charge is -2.15. The summed E-state index contributed by atoms with van der Waals surface area (Å²) in [6, 6.07) is 16.5. The third kappa shape index (κ3) is 4.78. The minimum atomic E-state index is 0.689. The summed E-state index contributed by atoms with van der Waals surface area (Å²) in [5, 5.41) is 3.34. The van der Waals surface area contributed by atoms with Gasteiger partial charge in [0.15, 0.2) is 11.5 Å². The average molecular weight is 299 g/mol. The normalized spacial score (nSPS) is 10.5. The number of rotatable bonds is 9. The lowest BCUT2D eigenvalue weighted by molar-refractivity contribution is 0.286. The number of methoxy groups -OCH3 is 1. The number of hydrogen-bond donors (Lipinski definition) is 1. The van der Waals surface area contributed by atoms with Crippen molar-refractivity contribution in [3.05, 3.63) is 59.7 Å². The van der Waals surface area contributed by atoms with Crippen molar-refractivity contribution in [2.45, 2.75) is 26.3 Å². The molecule has 2 aromatic carbocycles. The maximum absolute atomic E-state index is 6.01. The molecule has 0 unspecified atom stereocenters. The van der Waals surface area contributed by atoms with Crippen LogP contribution in [0, 0.1) is 0 Å². The van der Waals surface area contributed by atoms with Gasteiger partial charge in [-0.3, -0.25) is 0 Å². The van der Waals surface area contributed by atoms with Gasteiger partial charge >= 0.3 is 0 Å². The van der Waals surface area contributed by atoms with Crippen molar-refractivity contribution in [1.29, 1.82) is 0 Å². The molecule has 0 fully saturated rings. The molecule has 3 heteroatoms. The van der Waals surface area contributed by atoms with Gasteiger partial charge in [-0.1, -0.05) is 49.4 Å². The maximum atomic E-state index is 6.01. The van der Waals surface area contributed by atoms with Crippen LogP contribution in [0.5, 0.6) is 11.5 Å². The van der Waals surface area contributed by atoms with Crippen LogP contribution in [-0.2, 0) is 13.0 Å². The largest absolute Gasteiger partial charge is 0.493 e. The van der Waals surface area contributed by atoms with E-state index >= 15 is 0 Å². The zero-order valence-corrected chi connectivity index (χ0v) is 13.5. The van der Waals surface area contributed by atoms with Gasteiger partial charge in [0.25, 0.3) is 0 Å². The Morgan fingerprint density at radius 3 is 2.55 bits per heavy atom. The molecule has 2 rings (SSSR count). The monoisotopic (exact) mass is 299 g/mol. The number of nitrogens with one attached hydrogen (secondary N) is 1. The molecule has 0 amide bonds. The van der Waals surface area contributed by atoms with Gasteiger partial charge in [0, 0.05) is 12.1 Å². The fourth-order valence-electron chi connectivity index (χ4n) is 2.38. The highest BCUT2D eigenvalue weighted by atomic mass is 16.5. The van der Waals surface area contributed by atoms with Gasteiger partial charge in [-0.2, -0.15) is 0 Å². The SMILES string of the molecule is CCNCc1cccc(OC)c1OCCCc1ccccc1. The Hall–Kier alpha value is -2.00. The van der Waals surface area contributed by atoms with E-state index in [4.69, 9.17) is 9.47 Å². The van der Waals surface area contributed by atoms with Crippen molar-refractivity contribution < 1.29 is 9.47 Å². The lowest BCUT2D eigenvalue weighted by Crippen LogP contribution is -2.13. The van der Waals surface area contributed by atoms with Gasteiger partial charge in [-0.15, -0.1) is 0 Å². The second-order valence-electron chi connectivity index (χ2n) is 5.17. The van der Waals surface area contributed by atoms with E-state index in [2.05, 4.69) is 42.6 Å². The summed E-state index contributed by atoms with van der Waals surface area (Å²) >= 11 is 0. The molecule has 0 aliphatic carbocycles. The topological polar surface area (TPSA) is 30.5 Å². The van der Waals surface area contributed by atoms with Crippen LogP contribution >= 0.6 is 0 Å². The zero-order valence-electron chi connectivity index (χ0n) is 13.5. The van der Waals surface area contributed by atoms with E-state index in [0.717, 1.165) is 43.0 Å². The summed E-state index contributed by atoms with van der Waals surface area (Å²) in [7, 11) is 1.68. The first kappa shape index (κ1) is 16.4. The predicted molar refractivity (Wildman–Crippen MR) is 90.6 cm³/mol. The van der Waals surface area contributed by atoms with Crippen LogP contribution in [0.25, 0.3) is 0 Å². The molecular weight excluding hydrogens is 274 g/mol. The van der Waals surface area contributed by atoms with Gasteiger partial charge in [-0.25, -0.2) is 0 Å². The number of para-hydroxylation sites is 1. The lowest BCUT2D eigenvalue weighted by atomic mass is 10.1. The summed E-state index contributed by atoms with van der Waals surface area (Å²) in [6.45, 7) is 4.52. The van der Waals surface area contributed by atoms with Crippen LogP contribution in [0.1, 0.15) is 24.5 Å². The van der Waals surface area contributed by atoms with Gasteiger partial charge in [0.05, 0.1) is 13.7 Å². The number of ether oxygens (including phenoxy) is 2. The summed E-state index contributed by atoms with van der Waals surface area (Å²) in [5.41, 5.74) is 2.49. The summed E-state index contributed by atoms with van der Waals surface area (Å²) in [5.74, 6) is 1.66. The highest BCUT2D eigenvalue weighted by molar-refractivity contribution is 5.46. The summed E-state index contributed by atoms with van der Waals surface area (Å²) in [6.07, 6.45) is 2.02. The molecule has 0 bridgehead atoms. The molecule has 0 radical (unpaired) electrons. The van der Waals surface area contributed by atoms with E-state index in [1.165, 1.54) is 5.56 Å². The van der Waals surface area contributed by atoms with E-state index in [1.807, 2.05) is 18.2 Å². The van der Waals surface area contributed by atoms with Crippen molar-refractivity contribution in [2.75, 3.05) is 20.3 Å². The first-order valence-electron chi connectivity index (χ1n) is 7.88. The molecule has 2 aromatic rings. The molecule has 0 heterocycles. The summed E-state index contributed by atoms with van der Waals surface area (Å²) in [4.78, 5) is 0. The predicted octanol–water partition coefficient (Wildman–Crippen LogP) is 3.82. The van der Waals surface area contributed by atoms with Gasteiger partial charge in [0.1, 0.15) is 0 Å². The van der Waals surface area contributed by atoms with Gasteiger partial charge in [-0.05, 0) is 31.0 Å². The standard InChI is InChI=1S/C19H25NO2/c1-3-20-15-17-12-7-13-18(21-2)19(17)22-14-8-11-16-9-5-4-6-10-16/h4-7,9-10,12-13,20H,3,8,11,14-15H2,1-2H3. The Labute approximate surface area is 133 Å². The highest BCUT2D eigenvalue weighted by Crippen LogP contribution is 2.31. The van der Waals surface area contributed by atoms with Crippen molar-refractivity contribution in [1.82, 2.24) is 5.32 Å². The molecule has 0 saturated carbocycles. The molecule has 0 saturated heterocycles. The zero-order chi connectivity index (χ0) is 15.6. The van der Waals surface area contributed by atoms with E-state index in [-0.39, 0.29) is 0 Å². The quantitative estimate of drug-likeness (QED) is 0.714. The van der Waals surface area contributed by atoms with Crippen LogP contribution in [0.2, 0.25) is 0 Å². The van der Waals surface area contributed by atoms with E-state index in [9.17, 15) is 0 Å². The Balaban J connectivity index is 1.92. The molecule has 0 aromatic heterocycles. The highest BCUT2D eigenvalue weighted by Gasteiger charge is 2.10. The second-order valence-corrected chi connectivity index (χ2v) is 5.17. The van der Waals surface area contributed by atoms with Gasteiger partial charge < -0.3 is 14.8 Å². The fourth-order valence-corrected chi connectivity index (χ4v) is 2.38. The molecule has 0 atom stereocenters. The first-order valence-corrected chi connectivity index (χ1v) is 7.88. The number of benzene rings is 2. The van der Waals surface area contributed by atoms with Crippen molar-refractivity contribution >= 4 is 0 Å². The van der Waals surface area contributed by atoms with Crippen LogP contribution in [0.4, 0.5) is 0 Å². The van der Waals surface area contributed by atoms with Crippen molar-refractivity contribution in [3.63, 3.8) is 0 Å². The van der Waals surface area contributed by atoms with Crippen LogP contribution in [-0.4, -0.2) is 20.3 Å². The fraction of sp³-hybridized carbons (Fsp3) is 0.368. The smallest absolute Gasteiger partial charge is 0.165 e. The average Bonchev–Trinajstić information content (AvgIpc) is 2.58. The third-order valence-corrected chi connectivity index (χ3v) is 3.54. The number of aryl methyl sites for hydroxylation is 1. The van der Waals surface area contributed by atoms with Crippen molar-refractivity contribution in [2.24, 2.45) is 0 Å². The minimum absolute atomic E-state index is 0.689. The first-order chi connectivity index (χ1) is 10.8. The molecule has 3 nitrogen and oxygen atoms in total. The molecule has 1 N–H and O–H groups in total. The molecule has 0 aliphatic heterocycles. The van der Waals surface area contributed by atoms with Crippen LogP contribution < -0.4 is 14.8 Å². The maximum Gasteiger partial charge on any atom is 0.165 e. The summed E-state index contributed by atoms with van der Waals surface area (Å²) < 4.78 is 11.4. The van der Waals surface area contributed by atoms with Gasteiger partial charge in [0.2, 0.25) is 0 Å². The number of hydrogen-bond acceptors (Lipinski definition) is 3. The Bertz CT molecular complexity index is 555. The molecular formula is C19H25NO2. The Morgan fingerprint density at radius 2 is 1.82 bits per heavy atom. The molecule has 0 spiro atoms.